The van der Waals surface area contributed by atoms with E-state index >= 15 is 0 Å². The van der Waals surface area contributed by atoms with Gasteiger partial charge in [-0.1, -0.05) is 51.5 Å². The summed E-state index contributed by atoms with van der Waals surface area (Å²) in [4.78, 5) is 44.3. The highest BCUT2D eigenvalue weighted by atomic mass is 79.9. The Balaban J connectivity index is 1.55. The molecule has 0 saturated heterocycles. The zero-order chi connectivity index (χ0) is 35.1. The zero-order valence-electron chi connectivity index (χ0n) is 27.6. The van der Waals surface area contributed by atoms with Crippen LogP contribution in [-0.2, 0) is 25.7 Å². The molecule has 1 atom stereocenters. The van der Waals surface area contributed by atoms with Crippen molar-refractivity contribution in [1.82, 2.24) is 4.57 Å². The van der Waals surface area contributed by atoms with E-state index < -0.39 is 18.0 Å². The Morgan fingerprint density at radius 1 is 0.918 bits per heavy atom. The molecule has 0 amide bonds. The monoisotopic (exact) mass is 750 g/mol. The number of nitrogens with zero attached hydrogens (tertiary/aromatic N) is 2. The van der Waals surface area contributed by atoms with Gasteiger partial charge in [0.25, 0.3) is 5.56 Å². The van der Waals surface area contributed by atoms with Gasteiger partial charge in [0.1, 0.15) is 6.61 Å². The SMILES string of the molecule is CCOC(=O)C1=C(C)N=c2s/c(=C\c3ccc(OCc4ccc(Br)cc4)c(OC)c3)c(=O)n2[C@H]1c1ccc(OCC(=O)OC)c(OCC)c1. The lowest BCUT2D eigenvalue weighted by Gasteiger charge is -2.25. The van der Waals surface area contributed by atoms with E-state index in [9.17, 15) is 14.4 Å². The van der Waals surface area contributed by atoms with Crippen molar-refractivity contribution < 1.29 is 38.0 Å². The van der Waals surface area contributed by atoms with Gasteiger partial charge in [0.15, 0.2) is 34.4 Å². The number of esters is 2. The number of methoxy groups -OCH3 is 2. The third kappa shape index (κ3) is 8.06. The number of hydrogen-bond donors (Lipinski definition) is 0. The molecule has 0 radical (unpaired) electrons. The number of hydrogen-bond acceptors (Lipinski definition) is 11. The van der Waals surface area contributed by atoms with E-state index in [0.717, 1.165) is 10.0 Å². The minimum atomic E-state index is -0.879. The Hall–Kier alpha value is -4.88. The molecule has 0 spiro atoms. The summed E-state index contributed by atoms with van der Waals surface area (Å²) in [5.74, 6) is 0.564. The molecule has 1 aliphatic rings. The maximum Gasteiger partial charge on any atom is 0.343 e. The van der Waals surface area contributed by atoms with Crippen LogP contribution in [-0.4, -0.2) is 50.5 Å². The second kappa shape index (κ2) is 16.0. The van der Waals surface area contributed by atoms with Crippen molar-refractivity contribution in [1.29, 1.82) is 0 Å². The number of fused-ring (bicyclic) bond motifs is 1. The molecule has 0 aliphatic carbocycles. The molecule has 0 bridgehead atoms. The predicted molar refractivity (Wildman–Crippen MR) is 187 cm³/mol. The number of thiazole rings is 1. The summed E-state index contributed by atoms with van der Waals surface area (Å²) < 4.78 is 36.1. The fraction of sp³-hybridized carbons (Fsp3) is 0.278. The Bertz CT molecular complexity index is 2070. The maximum absolute atomic E-state index is 14.2. The van der Waals surface area contributed by atoms with Gasteiger partial charge in [-0.25, -0.2) is 14.6 Å². The molecule has 256 valence electrons. The van der Waals surface area contributed by atoms with Crippen molar-refractivity contribution >= 4 is 45.3 Å². The molecule has 5 rings (SSSR count). The average Bonchev–Trinajstić information content (AvgIpc) is 3.40. The lowest BCUT2D eigenvalue weighted by atomic mass is 9.95. The van der Waals surface area contributed by atoms with E-state index in [1.165, 1.54) is 23.0 Å². The van der Waals surface area contributed by atoms with Gasteiger partial charge in [-0.05, 0) is 79.9 Å². The van der Waals surface area contributed by atoms with Crippen molar-refractivity contribution in [3.8, 4) is 23.0 Å². The first-order valence-electron chi connectivity index (χ1n) is 15.4. The first-order chi connectivity index (χ1) is 23.7. The van der Waals surface area contributed by atoms with Gasteiger partial charge < -0.3 is 28.4 Å². The van der Waals surface area contributed by atoms with Crippen LogP contribution in [0, 0.1) is 0 Å². The van der Waals surface area contributed by atoms with Crippen LogP contribution in [0.2, 0.25) is 0 Å². The molecule has 4 aromatic rings. The first-order valence-corrected chi connectivity index (χ1v) is 17.0. The van der Waals surface area contributed by atoms with Crippen molar-refractivity contribution in [3.05, 3.63) is 113 Å². The third-order valence-corrected chi connectivity index (χ3v) is 8.98. The van der Waals surface area contributed by atoms with Gasteiger partial charge in [0, 0.05) is 4.47 Å². The lowest BCUT2D eigenvalue weighted by Crippen LogP contribution is -2.40. The van der Waals surface area contributed by atoms with Crippen LogP contribution in [0.25, 0.3) is 6.08 Å². The van der Waals surface area contributed by atoms with Crippen LogP contribution in [0.1, 0.15) is 43.5 Å². The standard InChI is InChI=1S/C36H35BrN2O9S/c1-6-45-29-18-24(11-15-27(29)48-20-31(40)44-5)33-32(35(42)46-7-2)21(3)38-36-39(33)34(41)30(49-36)17-23-10-14-26(28(16-23)43-4)47-19-22-8-12-25(37)13-9-22/h8-18,33H,6-7,19-20H2,1-5H3/b30-17-/t33-/m0/s1. The Kier molecular flexibility index (Phi) is 11.6. The molecule has 1 aliphatic heterocycles. The second-order valence-electron chi connectivity index (χ2n) is 10.6. The smallest absolute Gasteiger partial charge is 0.343 e. The van der Waals surface area contributed by atoms with Gasteiger partial charge in [-0.15, -0.1) is 0 Å². The van der Waals surface area contributed by atoms with Gasteiger partial charge in [-0.2, -0.15) is 0 Å². The van der Waals surface area contributed by atoms with Crippen LogP contribution in [0.15, 0.2) is 86.2 Å². The number of aromatic nitrogens is 1. The molecule has 2 heterocycles. The summed E-state index contributed by atoms with van der Waals surface area (Å²) in [6.45, 7) is 5.72. The van der Waals surface area contributed by atoms with E-state index in [-0.39, 0.29) is 24.3 Å². The quantitative estimate of drug-likeness (QED) is 0.172. The fourth-order valence-corrected chi connectivity index (χ4v) is 6.48. The van der Waals surface area contributed by atoms with Crippen molar-refractivity contribution in [2.24, 2.45) is 4.99 Å². The van der Waals surface area contributed by atoms with Crippen LogP contribution in [0.3, 0.4) is 0 Å². The Morgan fingerprint density at radius 2 is 1.65 bits per heavy atom. The highest BCUT2D eigenvalue weighted by Gasteiger charge is 2.34. The number of rotatable bonds is 13. The van der Waals surface area contributed by atoms with Crippen LogP contribution >= 0.6 is 27.3 Å². The summed E-state index contributed by atoms with van der Waals surface area (Å²) >= 11 is 4.64. The largest absolute Gasteiger partial charge is 0.493 e. The van der Waals surface area contributed by atoms with E-state index in [2.05, 4.69) is 25.7 Å². The molecule has 49 heavy (non-hydrogen) atoms. The minimum absolute atomic E-state index is 0.141. The number of carbonyl (C=O) groups is 2. The van der Waals surface area contributed by atoms with Crippen LogP contribution in [0.5, 0.6) is 23.0 Å². The van der Waals surface area contributed by atoms with E-state index in [1.54, 1.807) is 57.4 Å². The number of carbonyl (C=O) groups excluding carboxylic acids is 2. The third-order valence-electron chi connectivity index (χ3n) is 7.47. The topological polar surface area (TPSA) is 124 Å². The van der Waals surface area contributed by atoms with E-state index in [0.29, 0.717) is 62.4 Å². The molecule has 1 aromatic heterocycles. The molecule has 0 saturated carbocycles. The fourth-order valence-electron chi connectivity index (χ4n) is 5.17. The minimum Gasteiger partial charge on any atom is -0.493 e. The van der Waals surface area contributed by atoms with Gasteiger partial charge >= 0.3 is 11.9 Å². The molecule has 3 aromatic carbocycles. The first kappa shape index (κ1) is 35.4. The van der Waals surface area contributed by atoms with E-state index in [4.69, 9.17) is 23.7 Å². The average molecular weight is 752 g/mol. The molecule has 11 nitrogen and oxygen atoms in total. The maximum atomic E-state index is 14.2. The van der Waals surface area contributed by atoms with Crippen molar-refractivity contribution in [2.45, 2.75) is 33.4 Å². The Labute approximate surface area is 295 Å². The molecule has 0 unspecified atom stereocenters. The summed E-state index contributed by atoms with van der Waals surface area (Å²) in [6.07, 6.45) is 1.75. The molecular formula is C36H35BrN2O9S. The predicted octanol–water partition coefficient (Wildman–Crippen LogP) is 5.10. The Morgan fingerprint density at radius 3 is 2.35 bits per heavy atom. The van der Waals surface area contributed by atoms with Gasteiger partial charge in [0.05, 0.1) is 49.3 Å². The van der Waals surface area contributed by atoms with Crippen molar-refractivity contribution in [3.63, 3.8) is 0 Å². The molecule has 0 fully saturated rings. The number of ether oxygens (including phenoxy) is 6. The summed E-state index contributed by atoms with van der Waals surface area (Å²) in [6, 6.07) is 17.4. The molecule has 13 heteroatoms. The van der Waals surface area contributed by atoms with Gasteiger partial charge in [0.2, 0.25) is 0 Å². The molecule has 0 N–H and O–H groups in total. The summed E-state index contributed by atoms with van der Waals surface area (Å²) in [5, 5.41) is 0. The summed E-state index contributed by atoms with van der Waals surface area (Å²) in [5.41, 5.74) is 2.57. The zero-order valence-corrected chi connectivity index (χ0v) is 30.0. The highest BCUT2D eigenvalue weighted by Crippen LogP contribution is 2.36. The molecular weight excluding hydrogens is 716 g/mol. The number of benzene rings is 3. The van der Waals surface area contributed by atoms with Crippen molar-refractivity contribution in [2.75, 3.05) is 34.0 Å². The number of allylic oxidation sites excluding steroid dienone is 1. The highest BCUT2D eigenvalue weighted by molar-refractivity contribution is 9.10. The summed E-state index contributed by atoms with van der Waals surface area (Å²) in [7, 11) is 2.83. The normalized spacial score (nSPS) is 14.1. The van der Waals surface area contributed by atoms with Crippen LogP contribution < -0.4 is 33.8 Å². The number of halogens is 1. The van der Waals surface area contributed by atoms with Gasteiger partial charge in [-0.3, -0.25) is 9.36 Å². The second-order valence-corrected chi connectivity index (χ2v) is 12.6. The van der Waals surface area contributed by atoms with Crippen LogP contribution in [0.4, 0.5) is 0 Å². The lowest BCUT2D eigenvalue weighted by molar-refractivity contribution is -0.143. The van der Waals surface area contributed by atoms with E-state index in [1.807, 2.05) is 37.3 Å².